The number of hydrogen-bond acceptors (Lipinski definition) is 6. The summed E-state index contributed by atoms with van der Waals surface area (Å²) >= 11 is 0. The fraction of sp³-hybridized carbons (Fsp3) is 0.812. The van der Waals surface area contributed by atoms with Gasteiger partial charge in [-0.1, -0.05) is 24.4 Å². The van der Waals surface area contributed by atoms with E-state index in [4.69, 9.17) is 4.52 Å². The maximum atomic E-state index is 12.8. The Kier molecular flexibility index (Phi) is 5.43. The molecule has 1 atom stereocenters. The summed E-state index contributed by atoms with van der Waals surface area (Å²) in [5.41, 5.74) is 0. The Hall–Kier alpha value is -1.48. The highest BCUT2D eigenvalue weighted by Crippen LogP contribution is 2.30. The first kappa shape index (κ1) is 18.3. The third-order valence-electron chi connectivity index (χ3n) is 5.13. The van der Waals surface area contributed by atoms with Gasteiger partial charge in [0.1, 0.15) is 6.04 Å². The van der Waals surface area contributed by atoms with E-state index in [1.165, 1.54) is 17.0 Å². The fourth-order valence-electron chi connectivity index (χ4n) is 3.83. The van der Waals surface area contributed by atoms with Gasteiger partial charge >= 0.3 is 0 Å². The lowest BCUT2D eigenvalue weighted by molar-refractivity contribution is -0.136. The molecule has 0 bridgehead atoms. The fourth-order valence-corrected chi connectivity index (χ4v) is 4.90. The Morgan fingerprint density at radius 3 is 2.44 bits per heavy atom. The summed E-state index contributed by atoms with van der Waals surface area (Å²) in [4.78, 5) is 18.8. The van der Waals surface area contributed by atoms with Crippen molar-refractivity contribution in [2.75, 3.05) is 25.9 Å². The highest BCUT2D eigenvalue weighted by atomic mass is 32.2. The summed E-state index contributed by atoms with van der Waals surface area (Å²) in [6, 6.07) is -0.514. The van der Waals surface area contributed by atoms with Crippen LogP contribution in [0.4, 0.5) is 0 Å². The molecule has 8 nitrogen and oxygen atoms in total. The third kappa shape index (κ3) is 4.20. The van der Waals surface area contributed by atoms with Gasteiger partial charge < -0.3 is 9.42 Å². The van der Waals surface area contributed by atoms with Crippen molar-refractivity contribution < 1.29 is 17.7 Å². The van der Waals surface area contributed by atoms with Crippen LogP contribution in [0.3, 0.4) is 0 Å². The first-order chi connectivity index (χ1) is 11.9. The van der Waals surface area contributed by atoms with E-state index >= 15 is 0 Å². The number of aryl methyl sites for hydroxylation is 1. The highest BCUT2D eigenvalue weighted by Gasteiger charge is 2.37. The van der Waals surface area contributed by atoms with Crippen LogP contribution in [-0.2, 0) is 14.8 Å². The van der Waals surface area contributed by atoms with Crippen molar-refractivity contribution in [3.63, 3.8) is 0 Å². The number of carbonyl (C=O) groups is 1. The van der Waals surface area contributed by atoms with Crippen LogP contribution in [0.5, 0.6) is 0 Å². The van der Waals surface area contributed by atoms with Crippen LogP contribution in [0.2, 0.25) is 0 Å². The van der Waals surface area contributed by atoms with Gasteiger partial charge in [0.2, 0.25) is 21.8 Å². The lowest BCUT2D eigenvalue weighted by Crippen LogP contribution is -2.40. The van der Waals surface area contributed by atoms with E-state index in [1.807, 2.05) is 4.90 Å². The Balaban J connectivity index is 1.78. The maximum Gasteiger partial charge on any atom is 0.245 e. The summed E-state index contributed by atoms with van der Waals surface area (Å²) < 4.78 is 31.1. The molecule has 1 unspecified atom stereocenters. The highest BCUT2D eigenvalue weighted by molar-refractivity contribution is 7.88. The zero-order valence-electron chi connectivity index (χ0n) is 14.8. The van der Waals surface area contributed by atoms with Gasteiger partial charge in [0.05, 0.1) is 6.26 Å². The van der Waals surface area contributed by atoms with Crippen LogP contribution >= 0.6 is 0 Å². The van der Waals surface area contributed by atoms with Gasteiger partial charge in [0.15, 0.2) is 5.82 Å². The van der Waals surface area contributed by atoms with Gasteiger partial charge in [-0.15, -0.1) is 0 Å². The zero-order chi connectivity index (χ0) is 18.0. The SMILES string of the molecule is Cc1noc(C2CCN(C(=O)C3CCCCC3)CCN2S(C)(=O)=O)n1. The van der Waals surface area contributed by atoms with Crippen molar-refractivity contribution in [2.45, 2.75) is 51.5 Å². The van der Waals surface area contributed by atoms with Crippen LogP contribution in [0, 0.1) is 12.8 Å². The molecule has 9 heteroatoms. The normalized spacial score (nSPS) is 24.2. The molecule has 2 fully saturated rings. The lowest BCUT2D eigenvalue weighted by Gasteiger charge is -2.28. The molecule has 140 valence electrons. The Morgan fingerprint density at radius 1 is 1.12 bits per heavy atom. The van der Waals surface area contributed by atoms with E-state index in [9.17, 15) is 13.2 Å². The van der Waals surface area contributed by atoms with Crippen molar-refractivity contribution in [1.29, 1.82) is 0 Å². The second-order valence-corrected chi connectivity index (χ2v) is 8.95. The average Bonchev–Trinajstić information content (AvgIpc) is 2.88. The molecular weight excluding hydrogens is 344 g/mol. The number of sulfonamides is 1. The van der Waals surface area contributed by atoms with Crippen molar-refractivity contribution in [3.05, 3.63) is 11.7 Å². The molecule has 2 heterocycles. The van der Waals surface area contributed by atoms with Crippen LogP contribution in [0.15, 0.2) is 4.52 Å². The molecule has 1 aromatic rings. The summed E-state index contributed by atoms with van der Waals surface area (Å²) in [5.74, 6) is 1.02. The molecule has 0 aromatic carbocycles. The first-order valence-corrected chi connectivity index (χ1v) is 10.8. The van der Waals surface area contributed by atoms with Crippen LogP contribution < -0.4 is 0 Å². The molecule has 1 aliphatic carbocycles. The van der Waals surface area contributed by atoms with E-state index in [0.29, 0.717) is 31.2 Å². The van der Waals surface area contributed by atoms with Gasteiger partial charge in [-0.2, -0.15) is 9.29 Å². The smallest absolute Gasteiger partial charge is 0.245 e. The summed E-state index contributed by atoms with van der Waals surface area (Å²) in [6.07, 6.45) is 6.93. The van der Waals surface area contributed by atoms with E-state index in [0.717, 1.165) is 25.7 Å². The van der Waals surface area contributed by atoms with Crippen LogP contribution in [0.1, 0.15) is 56.3 Å². The van der Waals surface area contributed by atoms with Gasteiger partial charge in [-0.05, 0) is 26.2 Å². The Labute approximate surface area is 148 Å². The minimum atomic E-state index is -3.44. The standard InChI is InChI=1S/C16H26N4O4S/c1-12-17-15(24-18-12)14-8-9-19(10-11-20(14)25(2,22)23)16(21)13-6-4-3-5-7-13/h13-14H,3-11H2,1-2H3. The van der Waals surface area contributed by atoms with Gasteiger partial charge in [-0.25, -0.2) is 8.42 Å². The quantitative estimate of drug-likeness (QED) is 0.800. The maximum absolute atomic E-state index is 12.8. The predicted octanol–water partition coefficient (Wildman–Crippen LogP) is 1.49. The topological polar surface area (TPSA) is 96.6 Å². The molecule has 1 aliphatic heterocycles. The summed E-state index contributed by atoms with van der Waals surface area (Å²) in [6.45, 7) is 2.87. The number of amides is 1. The second kappa shape index (κ2) is 7.41. The summed E-state index contributed by atoms with van der Waals surface area (Å²) in [5, 5.41) is 3.78. The molecule has 1 saturated heterocycles. The molecule has 0 radical (unpaired) electrons. The third-order valence-corrected chi connectivity index (χ3v) is 6.42. The van der Waals surface area contributed by atoms with Crippen molar-refractivity contribution in [2.24, 2.45) is 5.92 Å². The number of aromatic nitrogens is 2. The minimum absolute atomic E-state index is 0.0858. The molecule has 0 N–H and O–H groups in total. The molecule has 3 rings (SSSR count). The monoisotopic (exact) mass is 370 g/mol. The Morgan fingerprint density at radius 2 is 1.84 bits per heavy atom. The van der Waals surface area contributed by atoms with E-state index in [2.05, 4.69) is 10.1 Å². The van der Waals surface area contributed by atoms with E-state index in [-0.39, 0.29) is 18.4 Å². The van der Waals surface area contributed by atoms with Crippen molar-refractivity contribution in [1.82, 2.24) is 19.3 Å². The molecule has 1 aromatic heterocycles. The molecule has 0 spiro atoms. The number of hydrogen-bond donors (Lipinski definition) is 0. The van der Waals surface area contributed by atoms with Gasteiger partial charge in [-0.3, -0.25) is 4.79 Å². The first-order valence-electron chi connectivity index (χ1n) is 8.92. The van der Waals surface area contributed by atoms with Crippen LogP contribution in [-0.4, -0.2) is 59.6 Å². The average molecular weight is 370 g/mol. The largest absolute Gasteiger partial charge is 0.341 e. The Bertz CT molecular complexity index is 711. The zero-order valence-corrected chi connectivity index (χ0v) is 15.7. The minimum Gasteiger partial charge on any atom is -0.341 e. The lowest BCUT2D eigenvalue weighted by atomic mass is 9.88. The predicted molar refractivity (Wildman–Crippen MR) is 91.1 cm³/mol. The van der Waals surface area contributed by atoms with Crippen molar-refractivity contribution >= 4 is 15.9 Å². The molecule has 1 saturated carbocycles. The van der Waals surface area contributed by atoms with Crippen molar-refractivity contribution in [3.8, 4) is 0 Å². The molecular formula is C16H26N4O4S. The second-order valence-electron chi connectivity index (χ2n) is 7.02. The molecule has 25 heavy (non-hydrogen) atoms. The molecule has 1 amide bonds. The van der Waals surface area contributed by atoms with E-state index < -0.39 is 16.1 Å². The van der Waals surface area contributed by atoms with Gasteiger partial charge in [0, 0.05) is 25.6 Å². The number of carbonyl (C=O) groups excluding carboxylic acids is 1. The summed E-state index contributed by atoms with van der Waals surface area (Å²) in [7, 11) is -3.44. The number of rotatable bonds is 3. The van der Waals surface area contributed by atoms with Crippen LogP contribution in [0.25, 0.3) is 0 Å². The molecule has 2 aliphatic rings. The van der Waals surface area contributed by atoms with E-state index in [1.54, 1.807) is 6.92 Å². The van der Waals surface area contributed by atoms with Gasteiger partial charge in [0.25, 0.3) is 0 Å². The number of nitrogens with zero attached hydrogens (tertiary/aromatic N) is 4.